The Balaban J connectivity index is 1.68. The lowest BCUT2D eigenvalue weighted by atomic mass is 10.1. The highest BCUT2D eigenvalue weighted by Gasteiger charge is 2.19. The summed E-state index contributed by atoms with van der Waals surface area (Å²) in [7, 11) is 0. The molecule has 0 bridgehead atoms. The Morgan fingerprint density at radius 2 is 1.93 bits per heavy atom. The average Bonchev–Trinajstić information content (AvgIpc) is 3.08. The standard InChI is InChI=1S/C19H20ClN5OS/c1-12-8-13(2)10-16(9-12)25-19(22-23-24-25)27-14(3)18(26)21-11-15-6-4-5-7-17(15)20/h4-10,14H,11H2,1-3H3,(H,21,26)/t14-/m0/s1. The van der Waals surface area contributed by atoms with Gasteiger partial charge in [0.15, 0.2) is 0 Å². The van der Waals surface area contributed by atoms with Crippen molar-refractivity contribution in [3.63, 3.8) is 0 Å². The Kier molecular flexibility index (Phi) is 6.13. The molecule has 0 aliphatic carbocycles. The molecule has 2 aromatic carbocycles. The smallest absolute Gasteiger partial charge is 0.233 e. The van der Waals surface area contributed by atoms with E-state index in [1.54, 1.807) is 10.7 Å². The number of thioether (sulfide) groups is 1. The summed E-state index contributed by atoms with van der Waals surface area (Å²) in [5, 5.41) is 15.7. The number of carbonyl (C=O) groups excluding carboxylic acids is 1. The number of nitrogens with zero attached hydrogens (tertiary/aromatic N) is 4. The van der Waals surface area contributed by atoms with Crippen LogP contribution in [0.15, 0.2) is 47.6 Å². The fourth-order valence-corrected chi connectivity index (χ4v) is 3.70. The molecule has 0 spiro atoms. The number of hydrogen-bond acceptors (Lipinski definition) is 5. The molecular weight excluding hydrogens is 382 g/mol. The summed E-state index contributed by atoms with van der Waals surface area (Å²) in [6.07, 6.45) is 0. The van der Waals surface area contributed by atoms with Crippen LogP contribution in [0.3, 0.4) is 0 Å². The van der Waals surface area contributed by atoms with E-state index in [4.69, 9.17) is 11.6 Å². The summed E-state index contributed by atoms with van der Waals surface area (Å²) in [4.78, 5) is 12.5. The Morgan fingerprint density at radius 1 is 1.22 bits per heavy atom. The third-order valence-corrected chi connectivity index (χ3v) is 5.36. The van der Waals surface area contributed by atoms with Gasteiger partial charge in [0, 0.05) is 11.6 Å². The normalized spacial score (nSPS) is 12.0. The van der Waals surface area contributed by atoms with E-state index in [1.807, 2.05) is 51.1 Å². The second-order valence-electron chi connectivity index (χ2n) is 6.29. The molecule has 0 unspecified atom stereocenters. The highest BCUT2D eigenvalue weighted by Crippen LogP contribution is 2.24. The lowest BCUT2D eigenvalue weighted by Gasteiger charge is -2.12. The molecule has 0 saturated heterocycles. The maximum absolute atomic E-state index is 12.5. The van der Waals surface area contributed by atoms with Crippen molar-refractivity contribution in [2.24, 2.45) is 0 Å². The molecule has 1 amide bonds. The molecule has 0 fully saturated rings. The van der Waals surface area contributed by atoms with E-state index in [1.165, 1.54) is 11.8 Å². The molecule has 1 N–H and O–H groups in total. The number of aromatic nitrogens is 4. The summed E-state index contributed by atoms with van der Waals surface area (Å²) in [5.41, 5.74) is 4.01. The molecule has 3 rings (SSSR count). The van der Waals surface area contributed by atoms with Crippen LogP contribution < -0.4 is 5.32 Å². The van der Waals surface area contributed by atoms with E-state index in [0.717, 1.165) is 22.4 Å². The summed E-state index contributed by atoms with van der Waals surface area (Å²) >= 11 is 7.44. The number of carbonyl (C=O) groups is 1. The van der Waals surface area contributed by atoms with Crippen LogP contribution in [0.25, 0.3) is 5.69 Å². The first-order valence-corrected chi connectivity index (χ1v) is 9.74. The van der Waals surface area contributed by atoms with Crippen LogP contribution >= 0.6 is 23.4 Å². The molecule has 0 saturated carbocycles. The van der Waals surface area contributed by atoms with Gasteiger partial charge in [-0.2, -0.15) is 4.68 Å². The predicted octanol–water partition coefficient (Wildman–Crippen LogP) is 3.73. The fraction of sp³-hybridized carbons (Fsp3) is 0.263. The van der Waals surface area contributed by atoms with Crippen LogP contribution in [0, 0.1) is 13.8 Å². The minimum Gasteiger partial charge on any atom is -0.351 e. The molecule has 8 heteroatoms. The van der Waals surface area contributed by atoms with Crippen molar-refractivity contribution in [2.45, 2.75) is 37.7 Å². The van der Waals surface area contributed by atoms with E-state index >= 15 is 0 Å². The van der Waals surface area contributed by atoms with Crippen molar-refractivity contribution in [1.29, 1.82) is 0 Å². The molecule has 1 atom stereocenters. The second-order valence-corrected chi connectivity index (χ2v) is 8.00. The largest absolute Gasteiger partial charge is 0.351 e. The first-order chi connectivity index (χ1) is 12.9. The topological polar surface area (TPSA) is 72.7 Å². The number of rotatable bonds is 6. The predicted molar refractivity (Wildman–Crippen MR) is 107 cm³/mol. The molecule has 1 heterocycles. The summed E-state index contributed by atoms with van der Waals surface area (Å²) in [6.45, 7) is 6.26. The van der Waals surface area contributed by atoms with Gasteiger partial charge in [-0.3, -0.25) is 4.79 Å². The van der Waals surface area contributed by atoms with Crippen molar-refractivity contribution in [3.8, 4) is 5.69 Å². The highest BCUT2D eigenvalue weighted by atomic mass is 35.5. The van der Waals surface area contributed by atoms with Gasteiger partial charge in [0.2, 0.25) is 11.1 Å². The number of nitrogens with one attached hydrogen (secondary N) is 1. The third-order valence-electron chi connectivity index (χ3n) is 3.95. The second kappa shape index (κ2) is 8.54. The minimum atomic E-state index is -0.358. The van der Waals surface area contributed by atoms with Crippen LogP contribution in [0.1, 0.15) is 23.6 Å². The van der Waals surface area contributed by atoms with Gasteiger partial charge in [-0.1, -0.05) is 47.6 Å². The van der Waals surface area contributed by atoms with Gasteiger partial charge in [-0.15, -0.1) is 5.10 Å². The fourth-order valence-electron chi connectivity index (χ4n) is 2.67. The van der Waals surface area contributed by atoms with Crippen molar-refractivity contribution in [2.75, 3.05) is 0 Å². The molecule has 3 aromatic rings. The summed E-state index contributed by atoms with van der Waals surface area (Å²) in [6, 6.07) is 13.6. The zero-order valence-electron chi connectivity index (χ0n) is 15.3. The molecule has 27 heavy (non-hydrogen) atoms. The van der Waals surface area contributed by atoms with Gasteiger partial charge >= 0.3 is 0 Å². The number of aryl methyl sites for hydroxylation is 2. The molecule has 6 nitrogen and oxygen atoms in total. The zero-order chi connectivity index (χ0) is 19.4. The first-order valence-electron chi connectivity index (χ1n) is 8.49. The van der Waals surface area contributed by atoms with E-state index in [9.17, 15) is 4.79 Å². The van der Waals surface area contributed by atoms with E-state index in [-0.39, 0.29) is 11.2 Å². The van der Waals surface area contributed by atoms with Gasteiger partial charge in [0.25, 0.3) is 0 Å². The maximum Gasteiger partial charge on any atom is 0.233 e. The number of halogens is 1. The van der Waals surface area contributed by atoms with E-state index in [2.05, 4.69) is 26.9 Å². The summed E-state index contributed by atoms with van der Waals surface area (Å²) < 4.78 is 1.66. The Bertz CT molecular complexity index is 939. The van der Waals surface area contributed by atoms with Crippen LogP contribution in [-0.2, 0) is 11.3 Å². The number of amides is 1. The molecule has 0 aliphatic heterocycles. The van der Waals surface area contributed by atoms with Crippen molar-refractivity contribution >= 4 is 29.3 Å². The number of tetrazole rings is 1. The maximum atomic E-state index is 12.5. The molecular formula is C19H20ClN5OS. The van der Waals surface area contributed by atoms with Crippen molar-refractivity contribution < 1.29 is 4.79 Å². The number of hydrogen-bond donors (Lipinski definition) is 1. The van der Waals surface area contributed by atoms with Gasteiger partial charge in [-0.25, -0.2) is 0 Å². The van der Waals surface area contributed by atoms with Crippen LogP contribution in [0.2, 0.25) is 5.02 Å². The van der Waals surface area contributed by atoms with Crippen LogP contribution in [-0.4, -0.2) is 31.4 Å². The van der Waals surface area contributed by atoms with E-state index in [0.29, 0.717) is 16.7 Å². The van der Waals surface area contributed by atoms with Crippen molar-refractivity contribution in [1.82, 2.24) is 25.5 Å². The lowest BCUT2D eigenvalue weighted by Crippen LogP contribution is -2.30. The van der Waals surface area contributed by atoms with Gasteiger partial charge in [0.1, 0.15) is 0 Å². The molecule has 140 valence electrons. The average molecular weight is 402 g/mol. The Hall–Kier alpha value is -2.38. The van der Waals surface area contributed by atoms with Gasteiger partial charge in [0.05, 0.1) is 10.9 Å². The molecule has 0 radical (unpaired) electrons. The monoisotopic (exact) mass is 401 g/mol. The third kappa shape index (κ3) is 4.87. The van der Waals surface area contributed by atoms with Gasteiger partial charge in [-0.05, 0) is 66.1 Å². The van der Waals surface area contributed by atoms with E-state index < -0.39 is 0 Å². The van der Waals surface area contributed by atoms with Gasteiger partial charge < -0.3 is 5.32 Å². The zero-order valence-corrected chi connectivity index (χ0v) is 16.9. The Labute approximate surface area is 167 Å². The van der Waals surface area contributed by atoms with Crippen LogP contribution in [0.5, 0.6) is 0 Å². The molecule has 1 aromatic heterocycles. The quantitative estimate of drug-likeness (QED) is 0.637. The molecule has 0 aliphatic rings. The lowest BCUT2D eigenvalue weighted by molar-refractivity contribution is -0.120. The van der Waals surface area contributed by atoms with Crippen LogP contribution in [0.4, 0.5) is 0 Å². The summed E-state index contributed by atoms with van der Waals surface area (Å²) in [5.74, 6) is -0.102. The first kappa shape index (κ1) is 19.4. The van der Waals surface area contributed by atoms with Crippen molar-refractivity contribution in [3.05, 3.63) is 64.2 Å². The number of benzene rings is 2. The SMILES string of the molecule is Cc1cc(C)cc(-n2nnnc2S[C@@H](C)C(=O)NCc2ccccc2Cl)c1. The Morgan fingerprint density at radius 3 is 2.63 bits per heavy atom. The minimum absolute atomic E-state index is 0.102. The highest BCUT2D eigenvalue weighted by molar-refractivity contribution is 8.00.